The molecule has 1 aliphatic heterocycles. The fourth-order valence-electron chi connectivity index (χ4n) is 3.87. The summed E-state index contributed by atoms with van der Waals surface area (Å²) in [6.45, 7) is 0.660. The van der Waals surface area contributed by atoms with E-state index in [2.05, 4.69) is 15.3 Å². The summed E-state index contributed by atoms with van der Waals surface area (Å²) in [5.74, 6) is -0.550. The number of alkyl halides is 3. The summed E-state index contributed by atoms with van der Waals surface area (Å²) in [6, 6.07) is 8.48. The molecule has 34 heavy (non-hydrogen) atoms. The molecule has 0 aliphatic carbocycles. The number of pyridine rings is 1. The highest BCUT2D eigenvalue weighted by Crippen LogP contribution is 2.27. The number of nitrogens with zero attached hydrogens (tertiary/aromatic N) is 2. The first-order valence-electron chi connectivity index (χ1n) is 10.6. The largest absolute Gasteiger partial charge is 0.405 e. The maximum absolute atomic E-state index is 13.1. The van der Waals surface area contributed by atoms with Gasteiger partial charge in [-0.25, -0.2) is 0 Å². The Morgan fingerprint density at radius 3 is 2.88 bits per heavy atom. The van der Waals surface area contributed by atoms with Gasteiger partial charge in [0.1, 0.15) is 17.8 Å². The van der Waals surface area contributed by atoms with Crippen molar-refractivity contribution in [2.45, 2.75) is 18.7 Å². The number of carbonyl (C=O) groups is 1. The van der Waals surface area contributed by atoms with Crippen molar-refractivity contribution in [2.24, 2.45) is 0 Å². The zero-order valence-corrected chi connectivity index (χ0v) is 18.4. The summed E-state index contributed by atoms with van der Waals surface area (Å²) in [7, 11) is 0. The molecule has 8 nitrogen and oxygen atoms in total. The van der Waals surface area contributed by atoms with Crippen LogP contribution in [0.25, 0.3) is 10.9 Å². The number of para-hydroxylation sites is 1. The predicted octanol–water partition coefficient (Wildman–Crippen LogP) is 3.18. The molecule has 3 aromatic rings. The van der Waals surface area contributed by atoms with Crippen LogP contribution < -0.4 is 5.32 Å². The maximum atomic E-state index is 13.1. The molecule has 4 rings (SSSR count). The van der Waals surface area contributed by atoms with Crippen LogP contribution in [0.1, 0.15) is 28.5 Å². The second-order valence-electron chi connectivity index (χ2n) is 8.48. The molecule has 1 aliphatic rings. The lowest BCUT2D eigenvalue weighted by atomic mass is 10.0. The van der Waals surface area contributed by atoms with Gasteiger partial charge in [-0.15, -0.1) is 0 Å². The average molecular weight is 475 g/mol. The highest BCUT2D eigenvalue weighted by atomic mass is 19.4. The maximum Gasteiger partial charge on any atom is 0.405 e. The Morgan fingerprint density at radius 2 is 2.12 bits per heavy atom. The second kappa shape index (κ2) is 9.07. The number of aliphatic hydroxyl groups is 1. The third kappa shape index (κ3) is 5.20. The molecule has 0 bridgehead atoms. The van der Waals surface area contributed by atoms with Crippen LogP contribution in [0, 0.1) is 5.41 Å². The van der Waals surface area contributed by atoms with Crippen LogP contribution in [0.4, 0.5) is 18.9 Å². The number of hydrogen-bond donors (Lipinski definition) is 4. The first-order chi connectivity index (χ1) is 16.0. The molecule has 3 heterocycles. The summed E-state index contributed by atoms with van der Waals surface area (Å²) in [5.41, 5.74) is -0.0476. The molecular formula is C23H24F3N5O3. The number of anilines is 1. The number of β-amino-alcohol motifs (C(OH)–C–C–N with tert-alkyl or cyclic N) is 1. The van der Waals surface area contributed by atoms with Gasteiger partial charge in [0.15, 0.2) is 0 Å². The van der Waals surface area contributed by atoms with Crippen molar-refractivity contribution in [3.8, 4) is 0 Å². The van der Waals surface area contributed by atoms with Crippen molar-refractivity contribution in [3.05, 3.63) is 59.5 Å². The van der Waals surface area contributed by atoms with E-state index in [1.165, 1.54) is 24.1 Å². The Morgan fingerprint density at radius 1 is 1.35 bits per heavy atom. The minimum Gasteiger partial charge on any atom is -0.386 e. The number of ether oxygens (including phenoxy) is 1. The van der Waals surface area contributed by atoms with Gasteiger partial charge in [-0.05, 0) is 19.1 Å². The van der Waals surface area contributed by atoms with Crippen LogP contribution in [0.15, 0.2) is 42.7 Å². The van der Waals surface area contributed by atoms with Crippen LogP contribution in [0.5, 0.6) is 0 Å². The Labute approximate surface area is 193 Å². The molecule has 4 N–H and O–H groups in total. The van der Waals surface area contributed by atoms with Gasteiger partial charge in [0.25, 0.3) is 5.91 Å². The number of carbonyl (C=O) groups excluding carboxylic acids is 1. The van der Waals surface area contributed by atoms with Crippen LogP contribution in [-0.4, -0.2) is 76.2 Å². The lowest BCUT2D eigenvalue weighted by molar-refractivity contribution is -0.115. The van der Waals surface area contributed by atoms with Gasteiger partial charge in [-0.1, -0.05) is 18.2 Å². The molecule has 11 heteroatoms. The SMILES string of the molecule is CC1(O)COCCN(C(=O)c2cc(NCC(F)(F)F)c(C(=N)c3c[nH]c4ccccc34)cn2)C1. The van der Waals surface area contributed by atoms with Crippen molar-refractivity contribution in [3.63, 3.8) is 0 Å². The summed E-state index contributed by atoms with van der Waals surface area (Å²) >= 11 is 0. The zero-order chi connectivity index (χ0) is 24.5. The molecular weight excluding hydrogens is 451 g/mol. The number of aromatic amines is 1. The molecule has 180 valence electrons. The van der Waals surface area contributed by atoms with E-state index in [1.807, 2.05) is 12.1 Å². The minimum absolute atomic E-state index is 0.00820. The van der Waals surface area contributed by atoms with E-state index in [-0.39, 0.29) is 49.0 Å². The molecule has 1 fully saturated rings. The smallest absolute Gasteiger partial charge is 0.386 e. The first-order valence-corrected chi connectivity index (χ1v) is 10.6. The summed E-state index contributed by atoms with van der Waals surface area (Å²) in [5, 5.41) is 22.1. The van der Waals surface area contributed by atoms with Gasteiger partial charge in [0.2, 0.25) is 0 Å². The van der Waals surface area contributed by atoms with E-state index in [0.717, 1.165) is 10.9 Å². The molecule has 0 saturated carbocycles. The van der Waals surface area contributed by atoms with Crippen LogP contribution in [-0.2, 0) is 4.74 Å². The Kier molecular flexibility index (Phi) is 6.32. The molecule has 0 spiro atoms. The number of halogens is 3. The molecule has 1 amide bonds. The van der Waals surface area contributed by atoms with E-state index < -0.39 is 24.2 Å². The van der Waals surface area contributed by atoms with Crippen molar-refractivity contribution in [1.82, 2.24) is 14.9 Å². The Bertz CT molecular complexity index is 1220. The predicted molar refractivity (Wildman–Crippen MR) is 120 cm³/mol. The number of rotatable bonds is 5. The normalized spacial score (nSPS) is 19.1. The summed E-state index contributed by atoms with van der Waals surface area (Å²) < 4.78 is 44.3. The molecule has 1 unspecified atom stereocenters. The summed E-state index contributed by atoms with van der Waals surface area (Å²) in [4.78, 5) is 21.6. The highest BCUT2D eigenvalue weighted by Gasteiger charge is 2.32. The van der Waals surface area contributed by atoms with Gasteiger partial charge in [-0.3, -0.25) is 15.2 Å². The number of nitrogens with one attached hydrogen (secondary N) is 3. The fraction of sp³-hybridized carbons (Fsp3) is 0.348. The van der Waals surface area contributed by atoms with Crippen LogP contribution in [0.2, 0.25) is 0 Å². The van der Waals surface area contributed by atoms with Crippen LogP contribution in [0.3, 0.4) is 0 Å². The number of fused-ring (bicyclic) bond motifs is 1. The lowest BCUT2D eigenvalue weighted by Crippen LogP contribution is -2.44. The summed E-state index contributed by atoms with van der Waals surface area (Å²) in [6.07, 6.45) is -1.67. The monoisotopic (exact) mass is 475 g/mol. The number of amides is 1. The molecule has 2 aromatic heterocycles. The van der Waals surface area contributed by atoms with E-state index in [1.54, 1.807) is 18.3 Å². The number of aromatic nitrogens is 2. The number of hydrogen-bond acceptors (Lipinski definition) is 6. The lowest BCUT2D eigenvalue weighted by Gasteiger charge is -2.27. The molecule has 0 radical (unpaired) electrons. The second-order valence-corrected chi connectivity index (χ2v) is 8.48. The minimum atomic E-state index is -4.51. The van der Waals surface area contributed by atoms with Gasteiger partial charge in [-0.2, -0.15) is 13.2 Å². The standard InChI is InChI=1S/C23H24F3N5O3/c1-22(33)12-31(6-7-34-13-22)21(32)19-8-18(30-11-23(24,25)26)16(10-29-19)20(27)15-9-28-17-5-3-2-4-14(15)17/h2-5,8-10,27-28,33H,6-7,11-13H2,1H3,(H,29,30). The van der Waals surface area contributed by atoms with Crippen molar-refractivity contribution < 1.29 is 27.8 Å². The van der Waals surface area contributed by atoms with E-state index in [4.69, 9.17) is 10.1 Å². The van der Waals surface area contributed by atoms with Crippen LogP contribution >= 0.6 is 0 Å². The topological polar surface area (TPSA) is 114 Å². The number of H-pyrrole nitrogens is 1. The Hall–Kier alpha value is -3.44. The Balaban J connectivity index is 1.69. The first kappa shape index (κ1) is 23.7. The van der Waals surface area contributed by atoms with E-state index >= 15 is 0 Å². The van der Waals surface area contributed by atoms with Gasteiger partial charge >= 0.3 is 6.18 Å². The zero-order valence-electron chi connectivity index (χ0n) is 18.4. The number of benzene rings is 1. The van der Waals surface area contributed by atoms with E-state index in [0.29, 0.717) is 5.56 Å². The third-order valence-electron chi connectivity index (χ3n) is 5.47. The average Bonchev–Trinajstić information content (AvgIpc) is 3.13. The van der Waals surface area contributed by atoms with Gasteiger partial charge < -0.3 is 25.0 Å². The third-order valence-corrected chi connectivity index (χ3v) is 5.47. The quantitative estimate of drug-likeness (QED) is 0.423. The van der Waals surface area contributed by atoms with E-state index in [9.17, 15) is 23.1 Å². The fourth-order valence-corrected chi connectivity index (χ4v) is 3.87. The molecule has 1 atom stereocenters. The van der Waals surface area contributed by atoms with Crippen molar-refractivity contribution in [1.29, 1.82) is 5.41 Å². The van der Waals surface area contributed by atoms with Gasteiger partial charge in [0.05, 0.1) is 25.5 Å². The van der Waals surface area contributed by atoms with Gasteiger partial charge in [0, 0.05) is 46.7 Å². The molecule has 1 saturated heterocycles. The van der Waals surface area contributed by atoms with Crippen molar-refractivity contribution >= 4 is 28.2 Å². The highest BCUT2D eigenvalue weighted by molar-refractivity contribution is 6.20. The van der Waals surface area contributed by atoms with Crippen molar-refractivity contribution in [2.75, 3.05) is 38.2 Å². The molecule has 1 aromatic carbocycles.